The van der Waals surface area contributed by atoms with Gasteiger partial charge in [-0.2, -0.15) is 0 Å². The van der Waals surface area contributed by atoms with Gasteiger partial charge in [0.15, 0.2) is 11.5 Å². The van der Waals surface area contributed by atoms with Crippen LogP contribution in [0.5, 0.6) is 11.5 Å². The Morgan fingerprint density at radius 3 is 2.65 bits per heavy atom. The van der Waals surface area contributed by atoms with Crippen molar-refractivity contribution >= 4 is 11.6 Å². The molecule has 0 unspecified atom stereocenters. The maximum absolute atomic E-state index is 12.8. The molecule has 1 amide bonds. The molecule has 1 aliphatic heterocycles. The van der Waals surface area contributed by atoms with E-state index >= 15 is 0 Å². The molecule has 0 saturated heterocycles. The Bertz CT molecular complexity index is 715. The number of methoxy groups -OCH3 is 2. The molecule has 0 aromatic heterocycles. The summed E-state index contributed by atoms with van der Waals surface area (Å²) in [6.07, 6.45) is 0. The van der Waals surface area contributed by atoms with Crippen LogP contribution < -0.4 is 14.8 Å². The van der Waals surface area contributed by atoms with Crippen molar-refractivity contribution in [2.24, 2.45) is 0 Å². The van der Waals surface area contributed by atoms with Crippen LogP contribution in [-0.2, 0) is 6.54 Å². The molecule has 1 heterocycles. The zero-order valence-electron chi connectivity index (χ0n) is 13.3. The number of nitrogens with zero attached hydrogens (tertiary/aromatic N) is 1. The van der Waals surface area contributed by atoms with Crippen LogP contribution in [-0.4, -0.2) is 38.1 Å². The normalized spacial score (nSPS) is 13.6. The van der Waals surface area contributed by atoms with Gasteiger partial charge in [-0.3, -0.25) is 4.79 Å². The zero-order valence-corrected chi connectivity index (χ0v) is 13.3. The quantitative estimate of drug-likeness (QED) is 0.947. The van der Waals surface area contributed by atoms with Crippen molar-refractivity contribution in [3.8, 4) is 11.5 Å². The van der Waals surface area contributed by atoms with Crippen LogP contribution in [0, 0.1) is 0 Å². The van der Waals surface area contributed by atoms with E-state index in [1.807, 2.05) is 29.2 Å². The molecule has 5 heteroatoms. The summed E-state index contributed by atoms with van der Waals surface area (Å²) in [5.74, 6) is 1.17. The highest BCUT2D eigenvalue weighted by Crippen LogP contribution is 2.29. The van der Waals surface area contributed by atoms with E-state index in [0.717, 1.165) is 17.8 Å². The minimum Gasteiger partial charge on any atom is -0.493 e. The molecule has 0 bridgehead atoms. The van der Waals surface area contributed by atoms with Gasteiger partial charge in [0.2, 0.25) is 0 Å². The molecule has 0 atom stereocenters. The number of benzene rings is 2. The van der Waals surface area contributed by atoms with E-state index in [4.69, 9.17) is 9.47 Å². The molecular weight excluding hydrogens is 292 g/mol. The van der Waals surface area contributed by atoms with Crippen molar-refractivity contribution in [3.05, 3.63) is 53.6 Å². The van der Waals surface area contributed by atoms with E-state index in [-0.39, 0.29) is 5.91 Å². The summed E-state index contributed by atoms with van der Waals surface area (Å²) >= 11 is 0. The smallest absolute Gasteiger partial charge is 0.254 e. The molecule has 0 aliphatic carbocycles. The lowest BCUT2D eigenvalue weighted by Crippen LogP contribution is -2.32. The van der Waals surface area contributed by atoms with Gasteiger partial charge < -0.3 is 19.7 Å². The fourth-order valence-electron chi connectivity index (χ4n) is 2.77. The minimum absolute atomic E-state index is 0.00976. The molecule has 1 N–H and O–H groups in total. The lowest BCUT2D eigenvalue weighted by Gasteiger charge is -2.21. The van der Waals surface area contributed by atoms with E-state index in [1.165, 1.54) is 0 Å². The number of carbonyl (C=O) groups excluding carboxylic acids is 1. The van der Waals surface area contributed by atoms with Crippen molar-refractivity contribution in [1.29, 1.82) is 0 Å². The molecule has 2 aromatic rings. The first kappa shape index (κ1) is 15.2. The number of anilines is 1. The summed E-state index contributed by atoms with van der Waals surface area (Å²) in [5.41, 5.74) is 2.82. The van der Waals surface area contributed by atoms with Crippen molar-refractivity contribution in [2.45, 2.75) is 6.54 Å². The summed E-state index contributed by atoms with van der Waals surface area (Å²) in [7, 11) is 3.15. The molecule has 3 rings (SSSR count). The highest BCUT2D eigenvalue weighted by atomic mass is 16.5. The average molecular weight is 312 g/mol. The molecule has 0 spiro atoms. The van der Waals surface area contributed by atoms with Gasteiger partial charge in [-0.1, -0.05) is 18.2 Å². The summed E-state index contributed by atoms with van der Waals surface area (Å²) < 4.78 is 10.5. The molecule has 23 heavy (non-hydrogen) atoms. The number of para-hydroxylation sites is 1. The monoisotopic (exact) mass is 312 g/mol. The van der Waals surface area contributed by atoms with Crippen LogP contribution in [0.4, 0.5) is 5.69 Å². The Balaban J connectivity index is 1.86. The largest absolute Gasteiger partial charge is 0.493 e. The molecule has 0 radical (unpaired) electrons. The lowest BCUT2D eigenvalue weighted by atomic mass is 10.1. The SMILES string of the molecule is COc1ccc(C(=O)N2CCNc3ccccc3C2)cc1OC. The topological polar surface area (TPSA) is 50.8 Å². The Labute approximate surface area is 135 Å². The van der Waals surface area contributed by atoms with Crippen LogP contribution in [0.15, 0.2) is 42.5 Å². The van der Waals surface area contributed by atoms with Gasteiger partial charge in [0.1, 0.15) is 0 Å². The Kier molecular flexibility index (Phi) is 4.37. The maximum atomic E-state index is 12.8. The van der Waals surface area contributed by atoms with Crippen molar-refractivity contribution in [2.75, 3.05) is 32.6 Å². The average Bonchev–Trinajstić information content (AvgIpc) is 2.82. The Hall–Kier alpha value is -2.69. The predicted octanol–water partition coefficient (Wildman–Crippen LogP) is 2.77. The number of fused-ring (bicyclic) bond motifs is 1. The highest BCUT2D eigenvalue weighted by Gasteiger charge is 2.21. The van der Waals surface area contributed by atoms with Gasteiger partial charge in [0.05, 0.1) is 14.2 Å². The number of carbonyl (C=O) groups is 1. The number of hydrogen-bond acceptors (Lipinski definition) is 4. The second kappa shape index (κ2) is 6.60. The van der Waals surface area contributed by atoms with Gasteiger partial charge in [-0.05, 0) is 29.8 Å². The molecule has 0 fully saturated rings. The number of amides is 1. The zero-order chi connectivity index (χ0) is 16.2. The Morgan fingerprint density at radius 2 is 1.87 bits per heavy atom. The second-order valence-corrected chi connectivity index (χ2v) is 5.38. The number of ether oxygens (including phenoxy) is 2. The first-order valence-corrected chi connectivity index (χ1v) is 7.56. The number of rotatable bonds is 3. The summed E-state index contributed by atoms with van der Waals surface area (Å²) in [5, 5.41) is 3.36. The number of hydrogen-bond donors (Lipinski definition) is 1. The van der Waals surface area contributed by atoms with Crippen molar-refractivity contribution in [3.63, 3.8) is 0 Å². The Morgan fingerprint density at radius 1 is 1.09 bits per heavy atom. The van der Waals surface area contributed by atoms with Crippen LogP contribution in [0.3, 0.4) is 0 Å². The third kappa shape index (κ3) is 3.08. The summed E-state index contributed by atoms with van der Waals surface area (Å²) in [6.45, 7) is 1.98. The van der Waals surface area contributed by atoms with E-state index in [1.54, 1.807) is 32.4 Å². The summed E-state index contributed by atoms with van der Waals surface area (Å²) in [6, 6.07) is 13.3. The third-order valence-corrected chi connectivity index (χ3v) is 3.99. The molecule has 2 aromatic carbocycles. The van der Waals surface area contributed by atoms with Crippen LogP contribution in [0.2, 0.25) is 0 Å². The molecule has 5 nitrogen and oxygen atoms in total. The number of nitrogens with one attached hydrogen (secondary N) is 1. The van der Waals surface area contributed by atoms with Crippen molar-refractivity contribution in [1.82, 2.24) is 4.90 Å². The lowest BCUT2D eigenvalue weighted by molar-refractivity contribution is 0.0752. The molecular formula is C18H20N2O3. The van der Waals surface area contributed by atoms with Crippen LogP contribution in [0.1, 0.15) is 15.9 Å². The van der Waals surface area contributed by atoms with E-state index in [9.17, 15) is 4.79 Å². The highest BCUT2D eigenvalue weighted by molar-refractivity contribution is 5.95. The minimum atomic E-state index is -0.00976. The predicted molar refractivity (Wildman–Crippen MR) is 89.2 cm³/mol. The fraction of sp³-hybridized carbons (Fsp3) is 0.278. The van der Waals surface area contributed by atoms with Gasteiger partial charge in [0, 0.05) is 30.9 Å². The first-order valence-electron chi connectivity index (χ1n) is 7.56. The molecule has 1 aliphatic rings. The standard InChI is InChI=1S/C18H20N2O3/c1-22-16-8-7-13(11-17(16)23-2)18(21)20-10-9-19-15-6-4-3-5-14(15)12-20/h3-8,11,19H,9-10,12H2,1-2H3. The maximum Gasteiger partial charge on any atom is 0.254 e. The second-order valence-electron chi connectivity index (χ2n) is 5.38. The fourth-order valence-corrected chi connectivity index (χ4v) is 2.77. The van der Waals surface area contributed by atoms with Crippen LogP contribution in [0.25, 0.3) is 0 Å². The van der Waals surface area contributed by atoms with Crippen LogP contribution >= 0.6 is 0 Å². The molecule has 120 valence electrons. The van der Waals surface area contributed by atoms with Gasteiger partial charge in [-0.25, -0.2) is 0 Å². The van der Waals surface area contributed by atoms with Gasteiger partial charge >= 0.3 is 0 Å². The molecule has 0 saturated carbocycles. The van der Waals surface area contributed by atoms with Gasteiger partial charge in [-0.15, -0.1) is 0 Å². The van der Waals surface area contributed by atoms with Crippen molar-refractivity contribution < 1.29 is 14.3 Å². The first-order chi connectivity index (χ1) is 11.2. The van der Waals surface area contributed by atoms with E-state index in [0.29, 0.717) is 30.2 Å². The third-order valence-electron chi connectivity index (χ3n) is 3.99. The van der Waals surface area contributed by atoms with E-state index < -0.39 is 0 Å². The summed E-state index contributed by atoms with van der Waals surface area (Å²) in [4.78, 5) is 14.7. The van der Waals surface area contributed by atoms with Gasteiger partial charge in [0.25, 0.3) is 5.91 Å². The van der Waals surface area contributed by atoms with E-state index in [2.05, 4.69) is 5.32 Å².